The normalized spacial score (nSPS) is 19.6. The Balaban J connectivity index is 2.45. The molecule has 2 aromatic rings. The van der Waals surface area contributed by atoms with Crippen molar-refractivity contribution in [1.82, 2.24) is 15.2 Å². The van der Waals surface area contributed by atoms with Crippen LogP contribution < -0.4 is 10.2 Å². The number of nitrogens with one attached hydrogen (secondary N) is 1. The van der Waals surface area contributed by atoms with E-state index in [2.05, 4.69) is 20.5 Å². The molecule has 0 saturated heterocycles. The van der Waals surface area contributed by atoms with Crippen LogP contribution in [-0.2, 0) is 21.3 Å². The number of rotatable bonds is 1. The number of pyridine rings is 1. The third-order valence-electron chi connectivity index (χ3n) is 6.45. The van der Waals surface area contributed by atoms with Crippen LogP contribution in [-0.4, -0.2) is 55.4 Å². The number of halogens is 6. The molecule has 0 unspecified atom stereocenters. The van der Waals surface area contributed by atoms with Gasteiger partial charge in [-0.25, -0.2) is 14.6 Å². The van der Waals surface area contributed by atoms with Crippen LogP contribution in [0.3, 0.4) is 0 Å². The smallest absolute Gasteiger partial charge is 0.426 e. The highest BCUT2D eigenvalue weighted by atomic mass is 19.4. The number of fused-ring (bicyclic) bond motifs is 5. The second kappa shape index (κ2) is 11.9. The number of imide groups is 1. The standard InChI is InChI=1S/C28H37F6N5O6/c1-23(2,3)44-21(40)39(22(41)45-24(4,5)6)16-14-15(27(29,30)31)18-35-17(16)19-37-38-20(43-19)26(42,28(32,33)34)13-11-9-10-12-25(7,8)36-18/h14,42H,9-13H2,1-8H3,(H,35,36)/t26-/m0/s1. The molecule has 1 aliphatic heterocycles. The van der Waals surface area contributed by atoms with Gasteiger partial charge in [-0.2, -0.15) is 31.2 Å². The summed E-state index contributed by atoms with van der Waals surface area (Å²) in [7, 11) is 0. The van der Waals surface area contributed by atoms with Gasteiger partial charge < -0.3 is 24.3 Å². The highest BCUT2D eigenvalue weighted by molar-refractivity contribution is 6.11. The number of alkyl halides is 6. The molecule has 2 amide bonds. The molecule has 3 heterocycles. The molecule has 0 spiro atoms. The van der Waals surface area contributed by atoms with Crippen LogP contribution in [0.5, 0.6) is 0 Å². The lowest BCUT2D eigenvalue weighted by Crippen LogP contribution is -2.44. The monoisotopic (exact) mass is 653 g/mol. The molecule has 0 saturated carbocycles. The van der Waals surface area contributed by atoms with Crippen LogP contribution in [0.2, 0.25) is 0 Å². The van der Waals surface area contributed by atoms with Gasteiger partial charge in [0.15, 0.2) is 5.69 Å². The molecule has 3 rings (SSSR count). The number of hydrogen-bond acceptors (Lipinski definition) is 10. The van der Waals surface area contributed by atoms with E-state index in [-0.39, 0.29) is 30.6 Å². The van der Waals surface area contributed by atoms with E-state index in [4.69, 9.17) is 13.9 Å². The number of aliphatic hydroxyl groups is 1. The number of carbonyl (C=O) groups excluding carboxylic acids is 2. The Morgan fingerprint density at radius 3 is 1.93 bits per heavy atom. The Morgan fingerprint density at radius 2 is 1.44 bits per heavy atom. The molecular formula is C28H37F6N5O6. The predicted molar refractivity (Wildman–Crippen MR) is 148 cm³/mol. The van der Waals surface area contributed by atoms with Crippen LogP contribution in [0.25, 0.3) is 11.6 Å². The number of carbonyl (C=O) groups is 2. The summed E-state index contributed by atoms with van der Waals surface area (Å²) in [5, 5.41) is 20.4. The first kappa shape index (κ1) is 35.8. The Kier molecular flexibility index (Phi) is 9.52. The van der Waals surface area contributed by atoms with Gasteiger partial charge >= 0.3 is 24.5 Å². The quantitative estimate of drug-likeness (QED) is 0.294. The van der Waals surface area contributed by atoms with E-state index in [0.29, 0.717) is 6.07 Å². The highest BCUT2D eigenvalue weighted by Gasteiger charge is 2.58. The summed E-state index contributed by atoms with van der Waals surface area (Å²) in [6.07, 6.45) is -13.7. The van der Waals surface area contributed by atoms with Crippen molar-refractivity contribution < 1.29 is 54.9 Å². The van der Waals surface area contributed by atoms with Gasteiger partial charge in [-0.15, -0.1) is 10.2 Å². The van der Waals surface area contributed by atoms with Crippen molar-refractivity contribution in [1.29, 1.82) is 0 Å². The summed E-state index contributed by atoms with van der Waals surface area (Å²) in [5.74, 6) is -3.01. The zero-order chi connectivity index (χ0) is 34.4. The summed E-state index contributed by atoms with van der Waals surface area (Å²) < 4.78 is 102. The molecule has 252 valence electrons. The Hall–Kier alpha value is -3.63. The van der Waals surface area contributed by atoms with Crippen molar-refractivity contribution in [2.45, 2.75) is 122 Å². The van der Waals surface area contributed by atoms with E-state index in [1.54, 1.807) is 13.8 Å². The zero-order valence-electron chi connectivity index (χ0n) is 26.2. The second-order valence-electron chi connectivity index (χ2n) is 13.4. The van der Waals surface area contributed by atoms with Gasteiger partial charge in [-0.3, -0.25) is 0 Å². The maximum absolute atomic E-state index is 14.6. The minimum absolute atomic E-state index is 0.117. The average Bonchev–Trinajstić information content (AvgIpc) is 3.30. The van der Waals surface area contributed by atoms with E-state index in [1.807, 2.05) is 0 Å². The van der Waals surface area contributed by atoms with Crippen LogP contribution in [0.4, 0.5) is 47.4 Å². The first-order valence-electron chi connectivity index (χ1n) is 14.0. The third kappa shape index (κ3) is 8.55. The fraction of sp³-hybridized carbons (Fsp3) is 0.679. The Bertz CT molecular complexity index is 1380. The van der Waals surface area contributed by atoms with E-state index in [0.717, 1.165) is 0 Å². The predicted octanol–water partition coefficient (Wildman–Crippen LogP) is 7.73. The Labute approximate surface area is 255 Å². The summed E-state index contributed by atoms with van der Waals surface area (Å²) in [6.45, 7) is 11.7. The van der Waals surface area contributed by atoms with Gasteiger partial charge in [0.1, 0.15) is 17.0 Å². The number of ether oxygens (including phenoxy) is 2. The molecule has 0 aliphatic carbocycles. The van der Waals surface area contributed by atoms with Crippen molar-refractivity contribution in [3.8, 4) is 11.6 Å². The van der Waals surface area contributed by atoms with Crippen LogP contribution in [0.1, 0.15) is 98.9 Å². The second-order valence-corrected chi connectivity index (χ2v) is 13.4. The first-order chi connectivity index (χ1) is 20.2. The molecule has 2 aromatic heterocycles. The van der Waals surface area contributed by atoms with Crippen molar-refractivity contribution in [3.05, 3.63) is 17.5 Å². The lowest BCUT2D eigenvalue weighted by Gasteiger charge is -2.32. The number of aromatic nitrogens is 3. The molecule has 17 heteroatoms. The van der Waals surface area contributed by atoms with Crippen molar-refractivity contribution >= 4 is 23.7 Å². The summed E-state index contributed by atoms with van der Waals surface area (Å²) in [4.78, 5) is 30.9. The number of anilines is 2. The molecule has 45 heavy (non-hydrogen) atoms. The highest BCUT2D eigenvalue weighted by Crippen LogP contribution is 2.46. The minimum atomic E-state index is -5.28. The van der Waals surface area contributed by atoms with Gasteiger partial charge in [0.25, 0.3) is 11.8 Å². The molecule has 0 fully saturated rings. The van der Waals surface area contributed by atoms with Crippen LogP contribution in [0.15, 0.2) is 10.5 Å². The van der Waals surface area contributed by atoms with E-state index < -0.39 is 87.8 Å². The maximum atomic E-state index is 14.6. The van der Waals surface area contributed by atoms with E-state index in [9.17, 15) is 41.0 Å². The lowest BCUT2D eigenvalue weighted by atomic mass is 9.92. The first-order valence-corrected chi connectivity index (χ1v) is 14.0. The van der Waals surface area contributed by atoms with E-state index in [1.165, 1.54) is 41.5 Å². The summed E-state index contributed by atoms with van der Waals surface area (Å²) >= 11 is 0. The van der Waals surface area contributed by atoms with Crippen LogP contribution in [0, 0.1) is 0 Å². The summed E-state index contributed by atoms with van der Waals surface area (Å²) in [5.41, 5.74) is -10.4. The number of nitrogens with zero attached hydrogens (tertiary/aromatic N) is 4. The van der Waals surface area contributed by atoms with E-state index >= 15 is 0 Å². The van der Waals surface area contributed by atoms with Crippen molar-refractivity contribution in [2.24, 2.45) is 0 Å². The molecule has 2 N–H and O–H groups in total. The molecule has 1 atom stereocenters. The number of amides is 2. The van der Waals surface area contributed by atoms with Crippen molar-refractivity contribution in [2.75, 3.05) is 10.2 Å². The SMILES string of the molecule is CC1(C)CCCCC[C@@](O)(C(F)(F)F)c2nnc(o2)-c2nc(c(C(F)(F)F)cc2N(C(=O)OC(C)(C)C)C(=O)OC(C)(C)C)N1. The van der Waals surface area contributed by atoms with Crippen molar-refractivity contribution in [3.63, 3.8) is 0 Å². The molecule has 1 aliphatic rings. The fourth-order valence-electron chi connectivity index (χ4n) is 4.39. The minimum Gasteiger partial charge on any atom is -0.443 e. The van der Waals surface area contributed by atoms with Gasteiger partial charge in [0, 0.05) is 5.54 Å². The van der Waals surface area contributed by atoms with Gasteiger partial charge in [0.05, 0.1) is 11.3 Å². The molecule has 0 aromatic carbocycles. The average molecular weight is 654 g/mol. The Morgan fingerprint density at radius 1 is 0.911 bits per heavy atom. The zero-order valence-corrected chi connectivity index (χ0v) is 26.2. The third-order valence-corrected chi connectivity index (χ3v) is 6.45. The largest absolute Gasteiger partial charge is 0.443 e. The molecule has 11 nitrogen and oxygen atoms in total. The van der Waals surface area contributed by atoms with Gasteiger partial charge in [-0.05, 0) is 80.7 Å². The molecule has 4 bridgehead atoms. The lowest BCUT2D eigenvalue weighted by molar-refractivity contribution is -0.277. The van der Waals surface area contributed by atoms with Crippen LogP contribution >= 0.6 is 0 Å². The van der Waals surface area contributed by atoms with Gasteiger partial charge in [-0.1, -0.05) is 12.8 Å². The van der Waals surface area contributed by atoms with Gasteiger partial charge in [0.2, 0.25) is 5.60 Å². The summed E-state index contributed by atoms with van der Waals surface area (Å²) in [6, 6.07) is 0.389. The molecule has 0 radical (unpaired) electrons. The molecular weight excluding hydrogens is 616 g/mol. The number of hydrogen-bond donors (Lipinski definition) is 2. The fourth-order valence-corrected chi connectivity index (χ4v) is 4.39. The topological polar surface area (TPSA) is 140 Å². The maximum Gasteiger partial charge on any atom is 0.426 e.